The van der Waals surface area contributed by atoms with E-state index in [-0.39, 0.29) is 11.5 Å². The number of ether oxygens (including phenoxy) is 1. The number of carbonyl (C=O) groups excluding carboxylic acids is 1. The molecule has 118 valence electrons. The van der Waals surface area contributed by atoms with E-state index in [0.29, 0.717) is 0 Å². The first-order chi connectivity index (χ1) is 10.3. The molecule has 1 aromatic carbocycles. The number of hydrogen-bond acceptors (Lipinski definition) is 2. The molecule has 1 saturated heterocycles. The van der Waals surface area contributed by atoms with Gasteiger partial charge < -0.3 is 9.64 Å². The minimum atomic E-state index is -0.435. The fourth-order valence-electron chi connectivity index (χ4n) is 3.35. The normalized spacial score (nSPS) is 19.8. The van der Waals surface area contributed by atoms with Crippen LogP contribution in [-0.4, -0.2) is 29.7 Å². The van der Waals surface area contributed by atoms with Crippen molar-refractivity contribution in [3.63, 3.8) is 0 Å². The number of likely N-dealkylation sites (tertiary alicyclic amines) is 1. The molecule has 0 saturated carbocycles. The quantitative estimate of drug-likeness (QED) is 0.668. The number of benzene rings is 1. The van der Waals surface area contributed by atoms with Crippen LogP contribution in [0.1, 0.15) is 44.7 Å². The molecule has 0 radical (unpaired) electrons. The van der Waals surface area contributed by atoms with Gasteiger partial charge in [-0.15, -0.1) is 0 Å². The summed E-state index contributed by atoms with van der Waals surface area (Å²) in [4.78, 5) is 14.0. The maximum Gasteiger partial charge on any atom is 0.410 e. The van der Waals surface area contributed by atoms with Gasteiger partial charge in [0.15, 0.2) is 0 Å². The Labute approximate surface area is 140 Å². The fourth-order valence-corrected chi connectivity index (χ4v) is 4.14. The molecule has 0 bridgehead atoms. The molecule has 1 amide bonds. The van der Waals surface area contributed by atoms with E-state index in [0.717, 1.165) is 25.9 Å². The summed E-state index contributed by atoms with van der Waals surface area (Å²) in [5, 5.41) is 0. The van der Waals surface area contributed by atoms with Crippen LogP contribution in [0.2, 0.25) is 0 Å². The van der Waals surface area contributed by atoms with Crippen LogP contribution in [0.5, 0.6) is 0 Å². The Morgan fingerprint density at radius 3 is 2.50 bits per heavy atom. The van der Waals surface area contributed by atoms with Crippen molar-refractivity contribution in [3.8, 4) is 0 Å². The number of allylic oxidation sites excluding steroid dienone is 1. The van der Waals surface area contributed by atoms with Gasteiger partial charge in [-0.3, -0.25) is 0 Å². The first kappa shape index (κ1) is 15.6. The first-order valence-electron chi connectivity index (χ1n) is 7.77. The van der Waals surface area contributed by atoms with E-state index in [1.54, 1.807) is 0 Å². The van der Waals surface area contributed by atoms with Crippen LogP contribution in [0.4, 0.5) is 4.79 Å². The molecular weight excluding hydrogens is 342 g/mol. The minimum absolute atomic E-state index is 0.0634. The van der Waals surface area contributed by atoms with Crippen LogP contribution in [0.15, 0.2) is 30.3 Å². The van der Waals surface area contributed by atoms with E-state index in [1.807, 2.05) is 25.7 Å². The zero-order valence-corrected chi connectivity index (χ0v) is 14.9. The lowest BCUT2D eigenvalue weighted by Crippen LogP contribution is -2.45. The summed E-state index contributed by atoms with van der Waals surface area (Å²) < 4.78 is 6.66. The Balaban J connectivity index is 1.74. The van der Waals surface area contributed by atoms with Gasteiger partial charge in [0, 0.05) is 23.0 Å². The Kier molecular flexibility index (Phi) is 3.84. The van der Waals surface area contributed by atoms with E-state index in [1.165, 1.54) is 15.6 Å². The second-order valence-electron chi connectivity index (χ2n) is 7.16. The van der Waals surface area contributed by atoms with Crippen molar-refractivity contribution >= 4 is 26.5 Å². The zero-order chi connectivity index (χ0) is 16.0. The number of nitrogens with zero attached hydrogens (tertiary/aromatic N) is 1. The highest BCUT2D eigenvalue weighted by molar-refractivity contribution is 9.15. The first-order valence-corrected chi connectivity index (χ1v) is 8.56. The zero-order valence-electron chi connectivity index (χ0n) is 13.4. The van der Waals surface area contributed by atoms with E-state index in [2.05, 4.69) is 46.3 Å². The van der Waals surface area contributed by atoms with Gasteiger partial charge in [-0.1, -0.05) is 46.3 Å². The molecule has 4 heteroatoms. The Bertz CT molecular complexity index is 622. The summed E-state index contributed by atoms with van der Waals surface area (Å²) in [7, 11) is 0. The molecule has 0 N–H and O–H groups in total. The molecule has 3 rings (SSSR count). The highest BCUT2D eigenvalue weighted by Crippen LogP contribution is 2.48. The van der Waals surface area contributed by atoms with Crippen molar-refractivity contribution in [2.24, 2.45) is 0 Å². The number of carbonyl (C=O) groups is 1. The number of amides is 1. The topological polar surface area (TPSA) is 29.5 Å². The highest BCUT2D eigenvalue weighted by atomic mass is 79.9. The van der Waals surface area contributed by atoms with Gasteiger partial charge in [0.05, 0.1) is 0 Å². The Hall–Kier alpha value is -1.29. The number of halogens is 1. The fraction of sp³-hybridized carbons (Fsp3) is 0.500. The van der Waals surface area contributed by atoms with Crippen molar-refractivity contribution in [1.29, 1.82) is 0 Å². The van der Waals surface area contributed by atoms with Crippen LogP contribution in [0, 0.1) is 0 Å². The molecule has 1 spiro atoms. The van der Waals surface area contributed by atoms with E-state index in [4.69, 9.17) is 4.74 Å². The standard InChI is InChI=1S/C18H22BrNO2/c1-17(2,3)22-16(21)20-10-8-18(9-11-20)12-15(19)13-6-4-5-7-14(13)18/h4-7,12H,8-11H2,1-3H3. The number of piperidine rings is 1. The molecule has 1 fully saturated rings. The van der Waals surface area contributed by atoms with Crippen molar-refractivity contribution in [1.82, 2.24) is 4.90 Å². The monoisotopic (exact) mass is 363 g/mol. The minimum Gasteiger partial charge on any atom is -0.444 e. The highest BCUT2D eigenvalue weighted by Gasteiger charge is 2.41. The van der Waals surface area contributed by atoms with E-state index in [9.17, 15) is 4.79 Å². The third-order valence-electron chi connectivity index (χ3n) is 4.43. The van der Waals surface area contributed by atoms with Crippen LogP contribution >= 0.6 is 15.9 Å². The number of rotatable bonds is 0. The average Bonchev–Trinajstić information content (AvgIpc) is 2.71. The molecule has 1 heterocycles. The molecular formula is C18H22BrNO2. The van der Waals surface area contributed by atoms with Gasteiger partial charge in [-0.05, 0) is 44.7 Å². The third kappa shape index (κ3) is 2.81. The number of hydrogen-bond donors (Lipinski definition) is 0. The maximum absolute atomic E-state index is 12.2. The summed E-state index contributed by atoms with van der Waals surface area (Å²) >= 11 is 3.69. The lowest BCUT2D eigenvalue weighted by molar-refractivity contribution is 0.0184. The SMILES string of the molecule is CC(C)(C)OC(=O)N1CCC2(C=C(Br)c3ccccc32)CC1. The van der Waals surface area contributed by atoms with E-state index < -0.39 is 5.60 Å². The molecule has 0 aromatic heterocycles. The van der Waals surface area contributed by atoms with Crippen molar-refractivity contribution in [3.05, 3.63) is 41.5 Å². The number of fused-ring (bicyclic) bond motifs is 2. The second-order valence-corrected chi connectivity index (χ2v) is 8.02. The predicted octanol–water partition coefficient (Wildman–Crippen LogP) is 4.70. The molecule has 2 aliphatic rings. The average molecular weight is 364 g/mol. The largest absolute Gasteiger partial charge is 0.444 e. The lowest BCUT2D eigenvalue weighted by atomic mass is 9.74. The molecule has 1 aromatic rings. The van der Waals surface area contributed by atoms with Gasteiger partial charge in [0.2, 0.25) is 0 Å². The smallest absolute Gasteiger partial charge is 0.410 e. The molecule has 22 heavy (non-hydrogen) atoms. The van der Waals surface area contributed by atoms with Gasteiger partial charge in [0.1, 0.15) is 5.60 Å². The summed E-state index contributed by atoms with van der Waals surface area (Å²) in [6, 6.07) is 8.54. The molecule has 3 nitrogen and oxygen atoms in total. The van der Waals surface area contributed by atoms with Crippen molar-refractivity contribution < 1.29 is 9.53 Å². The molecule has 0 unspecified atom stereocenters. The predicted molar refractivity (Wildman–Crippen MR) is 92.1 cm³/mol. The van der Waals surface area contributed by atoms with Crippen molar-refractivity contribution in [2.45, 2.75) is 44.6 Å². The Morgan fingerprint density at radius 2 is 1.86 bits per heavy atom. The van der Waals surface area contributed by atoms with Gasteiger partial charge in [0.25, 0.3) is 0 Å². The lowest BCUT2D eigenvalue weighted by Gasteiger charge is -2.39. The van der Waals surface area contributed by atoms with Crippen molar-refractivity contribution in [2.75, 3.05) is 13.1 Å². The summed E-state index contributed by atoms with van der Waals surface area (Å²) in [6.45, 7) is 7.19. The van der Waals surface area contributed by atoms with Crippen LogP contribution < -0.4 is 0 Å². The van der Waals surface area contributed by atoms with Gasteiger partial charge in [-0.25, -0.2) is 4.79 Å². The Morgan fingerprint density at radius 1 is 1.23 bits per heavy atom. The van der Waals surface area contributed by atoms with Crippen LogP contribution in [-0.2, 0) is 10.2 Å². The van der Waals surface area contributed by atoms with Gasteiger partial charge in [-0.2, -0.15) is 0 Å². The van der Waals surface area contributed by atoms with Crippen LogP contribution in [0.25, 0.3) is 4.48 Å². The maximum atomic E-state index is 12.2. The van der Waals surface area contributed by atoms with Gasteiger partial charge >= 0.3 is 6.09 Å². The summed E-state index contributed by atoms with van der Waals surface area (Å²) in [5.41, 5.74) is 2.29. The van der Waals surface area contributed by atoms with Crippen LogP contribution in [0.3, 0.4) is 0 Å². The molecule has 1 aliphatic heterocycles. The summed E-state index contributed by atoms with van der Waals surface area (Å²) in [5.74, 6) is 0. The molecule has 1 aliphatic carbocycles. The van der Waals surface area contributed by atoms with E-state index >= 15 is 0 Å². The third-order valence-corrected chi connectivity index (χ3v) is 5.09. The summed E-state index contributed by atoms with van der Waals surface area (Å²) in [6.07, 6.45) is 4.01. The molecule has 0 atom stereocenters. The second kappa shape index (κ2) is 5.41.